The number of alkyl halides is 3. The van der Waals surface area contributed by atoms with E-state index in [0.717, 1.165) is 17.8 Å². The molecular weight excluding hydrogens is 489 g/mol. The van der Waals surface area contributed by atoms with Gasteiger partial charge in [-0.3, -0.25) is 14.5 Å². The zero-order chi connectivity index (χ0) is 26.3. The van der Waals surface area contributed by atoms with E-state index in [2.05, 4.69) is 19.9 Å². The molecule has 13 heteroatoms. The quantitative estimate of drug-likeness (QED) is 0.476. The molecule has 0 saturated carbocycles. The standard InChI is InChI=1S/C24H27F3N8O2/c1-32(17-5-8-34(9-6-17)23-29-12-16(13-30-23)24(25,26)27)22(37)19-14-35(19)11-10-33-7-4-15-2-3-18(20(28)36)31-21(15)33/h2-4,7,12-13,17,19H,5-6,8-11,14H2,1H3,(H2,28,36). The highest BCUT2D eigenvalue weighted by molar-refractivity contribution is 5.93. The van der Waals surface area contributed by atoms with E-state index in [1.807, 2.05) is 34.8 Å². The second-order valence-electron chi connectivity index (χ2n) is 9.43. The van der Waals surface area contributed by atoms with Gasteiger partial charge in [0.2, 0.25) is 11.9 Å². The Morgan fingerprint density at radius 1 is 1.11 bits per heavy atom. The zero-order valence-electron chi connectivity index (χ0n) is 20.2. The van der Waals surface area contributed by atoms with Crippen LogP contribution in [0.3, 0.4) is 0 Å². The SMILES string of the molecule is CN(C(=O)C1CN1CCn1ccc2ccc(C(N)=O)nc21)C1CCN(c2ncc(C(F)(F)F)cn2)CC1. The predicted molar refractivity (Wildman–Crippen MR) is 129 cm³/mol. The average molecular weight is 517 g/mol. The normalized spacial score (nSPS) is 20.3. The van der Waals surface area contributed by atoms with Crippen LogP contribution in [0.15, 0.2) is 36.8 Å². The van der Waals surface area contributed by atoms with Crippen molar-refractivity contribution in [2.24, 2.45) is 5.73 Å². The minimum absolute atomic E-state index is 0.0467. The Labute approximate surface area is 210 Å². The van der Waals surface area contributed by atoms with Crippen LogP contribution in [-0.2, 0) is 17.5 Å². The molecule has 2 fully saturated rings. The largest absolute Gasteiger partial charge is 0.419 e. The first kappa shape index (κ1) is 24.9. The van der Waals surface area contributed by atoms with Gasteiger partial charge in [-0.25, -0.2) is 15.0 Å². The molecule has 0 aliphatic carbocycles. The Morgan fingerprint density at radius 3 is 2.46 bits per heavy atom. The number of carbonyl (C=O) groups excluding carboxylic acids is 2. The molecule has 5 rings (SSSR count). The lowest BCUT2D eigenvalue weighted by molar-refractivity contribution is -0.138. The van der Waals surface area contributed by atoms with Crippen molar-refractivity contribution in [2.45, 2.75) is 37.6 Å². The molecule has 3 aromatic rings. The van der Waals surface area contributed by atoms with Gasteiger partial charge in [0.25, 0.3) is 5.91 Å². The molecule has 2 atom stereocenters. The molecule has 196 valence electrons. The van der Waals surface area contributed by atoms with Gasteiger partial charge < -0.3 is 20.1 Å². The van der Waals surface area contributed by atoms with Crippen LogP contribution in [0.25, 0.3) is 11.0 Å². The number of piperidine rings is 1. The van der Waals surface area contributed by atoms with Crippen LogP contribution < -0.4 is 10.6 Å². The number of hydrogen-bond acceptors (Lipinski definition) is 7. The summed E-state index contributed by atoms with van der Waals surface area (Å²) in [5, 5.41) is 0.913. The number of nitrogens with two attached hydrogens (primary N) is 1. The van der Waals surface area contributed by atoms with Crippen molar-refractivity contribution in [2.75, 3.05) is 38.1 Å². The summed E-state index contributed by atoms with van der Waals surface area (Å²) in [6.07, 6.45) is 0.407. The summed E-state index contributed by atoms with van der Waals surface area (Å²) in [7, 11) is 1.81. The molecule has 0 spiro atoms. The minimum atomic E-state index is -4.47. The fraction of sp³-hybridized carbons (Fsp3) is 0.458. The Morgan fingerprint density at radius 2 is 1.81 bits per heavy atom. The van der Waals surface area contributed by atoms with E-state index in [-0.39, 0.29) is 29.6 Å². The van der Waals surface area contributed by atoms with Crippen molar-refractivity contribution in [3.05, 3.63) is 48.0 Å². The summed E-state index contributed by atoms with van der Waals surface area (Å²) in [5.41, 5.74) is 5.37. The van der Waals surface area contributed by atoms with Gasteiger partial charge in [-0.2, -0.15) is 13.2 Å². The van der Waals surface area contributed by atoms with Crippen LogP contribution in [0, 0.1) is 0 Å². The van der Waals surface area contributed by atoms with Crippen molar-refractivity contribution in [3.8, 4) is 0 Å². The number of halogens is 3. The Kier molecular flexibility index (Phi) is 6.48. The highest BCUT2D eigenvalue weighted by Gasteiger charge is 2.43. The molecule has 2 N–H and O–H groups in total. The molecule has 3 aromatic heterocycles. The number of fused-ring (bicyclic) bond motifs is 1. The van der Waals surface area contributed by atoms with Gasteiger partial charge in [-0.05, 0) is 31.0 Å². The molecule has 2 aliphatic rings. The third-order valence-corrected chi connectivity index (χ3v) is 7.10. The van der Waals surface area contributed by atoms with Crippen LogP contribution in [-0.4, -0.2) is 86.4 Å². The van der Waals surface area contributed by atoms with Gasteiger partial charge >= 0.3 is 6.18 Å². The van der Waals surface area contributed by atoms with Crippen LogP contribution in [0.4, 0.5) is 19.1 Å². The van der Waals surface area contributed by atoms with Crippen LogP contribution in [0.5, 0.6) is 0 Å². The van der Waals surface area contributed by atoms with Gasteiger partial charge in [0.05, 0.1) is 5.56 Å². The van der Waals surface area contributed by atoms with E-state index in [1.165, 1.54) is 0 Å². The number of carbonyl (C=O) groups is 2. The zero-order valence-corrected chi connectivity index (χ0v) is 20.2. The third-order valence-electron chi connectivity index (χ3n) is 7.10. The highest BCUT2D eigenvalue weighted by Crippen LogP contribution is 2.29. The Hall–Kier alpha value is -3.74. The molecule has 5 heterocycles. The fourth-order valence-electron chi connectivity index (χ4n) is 4.77. The lowest BCUT2D eigenvalue weighted by Crippen LogP contribution is -2.47. The van der Waals surface area contributed by atoms with Crippen molar-refractivity contribution in [1.82, 2.24) is 29.3 Å². The van der Waals surface area contributed by atoms with Crippen molar-refractivity contribution >= 4 is 28.8 Å². The number of anilines is 1. The van der Waals surface area contributed by atoms with E-state index in [4.69, 9.17) is 5.73 Å². The molecule has 0 aromatic carbocycles. The smallest absolute Gasteiger partial charge is 0.364 e. The van der Waals surface area contributed by atoms with E-state index in [0.29, 0.717) is 51.2 Å². The highest BCUT2D eigenvalue weighted by atomic mass is 19.4. The lowest BCUT2D eigenvalue weighted by Gasteiger charge is -2.36. The number of amides is 2. The number of likely N-dealkylation sites (N-methyl/N-ethyl adjacent to an activating group) is 1. The van der Waals surface area contributed by atoms with Gasteiger partial charge in [-0.15, -0.1) is 0 Å². The van der Waals surface area contributed by atoms with Gasteiger partial charge in [0.15, 0.2) is 0 Å². The first-order chi connectivity index (χ1) is 17.6. The summed E-state index contributed by atoms with van der Waals surface area (Å²) >= 11 is 0. The maximum Gasteiger partial charge on any atom is 0.419 e. The van der Waals surface area contributed by atoms with Gasteiger partial charge in [-0.1, -0.05) is 0 Å². The summed E-state index contributed by atoms with van der Waals surface area (Å²) < 4.78 is 40.2. The number of pyridine rings is 1. The Bertz CT molecular complexity index is 1300. The predicted octanol–water partition coefficient (Wildman–Crippen LogP) is 1.76. The first-order valence-corrected chi connectivity index (χ1v) is 12.0. The van der Waals surface area contributed by atoms with Crippen LogP contribution in [0.2, 0.25) is 0 Å². The maximum absolute atomic E-state index is 13.1. The summed E-state index contributed by atoms with van der Waals surface area (Å²) in [4.78, 5) is 42.3. The van der Waals surface area contributed by atoms with Gasteiger partial charge in [0.1, 0.15) is 17.4 Å². The first-order valence-electron chi connectivity index (χ1n) is 12.0. The number of nitrogens with zero attached hydrogens (tertiary/aromatic N) is 7. The summed E-state index contributed by atoms with van der Waals surface area (Å²) in [6, 6.07) is 5.22. The van der Waals surface area contributed by atoms with E-state index >= 15 is 0 Å². The molecule has 37 heavy (non-hydrogen) atoms. The topological polar surface area (TPSA) is 113 Å². The molecule has 2 amide bonds. The molecule has 2 saturated heterocycles. The second kappa shape index (κ2) is 9.61. The number of rotatable bonds is 7. The molecule has 0 radical (unpaired) electrons. The summed E-state index contributed by atoms with van der Waals surface area (Å²) in [5.74, 6) is -0.244. The van der Waals surface area contributed by atoms with Crippen LogP contribution >= 0.6 is 0 Å². The maximum atomic E-state index is 13.1. The Balaban J connectivity index is 1.11. The molecule has 2 aliphatic heterocycles. The average Bonchev–Trinajstić information content (AvgIpc) is 3.56. The summed E-state index contributed by atoms with van der Waals surface area (Å²) in [6.45, 7) is 3.09. The van der Waals surface area contributed by atoms with Crippen molar-refractivity contribution in [1.29, 1.82) is 0 Å². The second-order valence-corrected chi connectivity index (χ2v) is 9.43. The van der Waals surface area contributed by atoms with E-state index in [9.17, 15) is 22.8 Å². The minimum Gasteiger partial charge on any atom is -0.364 e. The molecular formula is C24H27F3N8O2. The number of primary amides is 1. The van der Waals surface area contributed by atoms with Crippen molar-refractivity contribution < 1.29 is 22.8 Å². The number of aromatic nitrogens is 4. The van der Waals surface area contributed by atoms with E-state index < -0.39 is 17.6 Å². The van der Waals surface area contributed by atoms with E-state index in [1.54, 1.807) is 11.0 Å². The third kappa shape index (κ3) is 5.22. The molecule has 2 unspecified atom stereocenters. The monoisotopic (exact) mass is 516 g/mol. The molecule has 0 bridgehead atoms. The lowest BCUT2D eigenvalue weighted by atomic mass is 10.0. The fourth-order valence-corrected chi connectivity index (χ4v) is 4.77. The van der Waals surface area contributed by atoms with Crippen molar-refractivity contribution in [3.63, 3.8) is 0 Å². The molecule has 10 nitrogen and oxygen atoms in total. The number of hydrogen-bond donors (Lipinski definition) is 1. The van der Waals surface area contributed by atoms with Crippen LogP contribution in [0.1, 0.15) is 28.9 Å². The van der Waals surface area contributed by atoms with Gasteiger partial charge in [0, 0.05) is 69.8 Å².